The molecule has 9 heteroatoms. The van der Waals surface area contributed by atoms with Crippen molar-refractivity contribution >= 4 is 17.9 Å². The highest BCUT2D eigenvalue weighted by Crippen LogP contribution is 2.13. The number of hydrogen-bond acceptors (Lipinski definition) is 8. The number of esters is 2. The van der Waals surface area contributed by atoms with Gasteiger partial charge in [-0.15, -0.1) is 0 Å². The monoisotopic (exact) mass is 960 g/mol. The summed E-state index contributed by atoms with van der Waals surface area (Å²) in [5, 5.41) is 11.8. The Morgan fingerprint density at radius 1 is 0.435 bits per heavy atom. The van der Waals surface area contributed by atoms with E-state index >= 15 is 0 Å². The number of nitrogens with zero attached hydrogens (tertiary/aromatic N) is 1. The summed E-state index contributed by atoms with van der Waals surface area (Å²) >= 11 is 0. The first-order valence-electron chi connectivity index (χ1n) is 26.7. The average Bonchev–Trinajstić information content (AvgIpc) is 3.31. The summed E-state index contributed by atoms with van der Waals surface area (Å²) in [5.74, 6) is -2.35. The zero-order chi connectivity index (χ0) is 50.6. The normalized spacial score (nSPS) is 13.8. The Labute approximate surface area is 421 Å². The predicted octanol–water partition coefficient (Wildman–Crippen LogP) is 14.0. The fourth-order valence-electron chi connectivity index (χ4n) is 6.65. The largest absolute Gasteiger partial charge is 0.545 e. The number of carboxylic acids is 1. The van der Waals surface area contributed by atoms with Crippen molar-refractivity contribution in [2.45, 2.75) is 193 Å². The Morgan fingerprint density at radius 3 is 1.16 bits per heavy atom. The SMILES string of the molecule is CC/C=C\C/C=C\C/C=C\C/C=C\C/C=C\C/C=C\CCCCCCC(=O)OC(COC(=O)CCCCCCCCCC/C=C\C/C=C\C/C=C\C/C=C\CC)COC(OCC[N+](C)(C)C)C(=O)[O-]. The molecule has 0 heterocycles. The van der Waals surface area contributed by atoms with Crippen LogP contribution in [0.15, 0.2) is 122 Å². The van der Waals surface area contributed by atoms with E-state index in [1.165, 1.54) is 25.7 Å². The number of rotatable bonds is 47. The highest BCUT2D eigenvalue weighted by molar-refractivity contribution is 5.70. The minimum Gasteiger partial charge on any atom is -0.545 e. The Hall–Kier alpha value is -4.31. The average molecular weight is 960 g/mol. The van der Waals surface area contributed by atoms with Gasteiger partial charge in [0, 0.05) is 12.8 Å². The molecule has 0 rings (SSSR count). The zero-order valence-electron chi connectivity index (χ0n) is 44.1. The first-order valence-corrected chi connectivity index (χ1v) is 26.7. The van der Waals surface area contributed by atoms with Crippen molar-refractivity contribution in [3.63, 3.8) is 0 Å². The van der Waals surface area contributed by atoms with Crippen molar-refractivity contribution in [3.05, 3.63) is 122 Å². The summed E-state index contributed by atoms with van der Waals surface area (Å²) in [4.78, 5) is 37.2. The third kappa shape index (κ3) is 51.4. The van der Waals surface area contributed by atoms with Crippen molar-refractivity contribution in [1.82, 2.24) is 0 Å². The lowest BCUT2D eigenvalue weighted by molar-refractivity contribution is -0.870. The summed E-state index contributed by atoms with van der Waals surface area (Å²) in [5.41, 5.74) is 0. The molecule has 0 aromatic carbocycles. The van der Waals surface area contributed by atoms with Crippen LogP contribution in [0.1, 0.15) is 181 Å². The van der Waals surface area contributed by atoms with Crippen LogP contribution in [0.5, 0.6) is 0 Å². The molecule has 0 aromatic heterocycles. The smallest absolute Gasteiger partial charge is 0.306 e. The van der Waals surface area contributed by atoms with E-state index in [0.717, 1.165) is 122 Å². The molecule has 390 valence electrons. The second-order valence-corrected chi connectivity index (χ2v) is 18.4. The maximum Gasteiger partial charge on any atom is 0.306 e. The van der Waals surface area contributed by atoms with E-state index in [0.29, 0.717) is 17.4 Å². The van der Waals surface area contributed by atoms with Gasteiger partial charge >= 0.3 is 11.9 Å². The number of unbranched alkanes of at least 4 members (excludes halogenated alkanes) is 12. The highest BCUT2D eigenvalue weighted by Gasteiger charge is 2.21. The molecule has 0 aliphatic carbocycles. The molecule has 0 radical (unpaired) electrons. The van der Waals surface area contributed by atoms with Crippen LogP contribution in [0.4, 0.5) is 0 Å². The summed E-state index contributed by atoms with van der Waals surface area (Å²) in [6.45, 7) is 4.45. The number of likely N-dealkylation sites (N-methyl/N-ethyl adjacent to an activating group) is 1. The van der Waals surface area contributed by atoms with Gasteiger partial charge in [0.05, 0.1) is 40.3 Å². The molecule has 2 unspecified atom stereocenters. The molecule has 0 fully saturated rings. The molecule has 0 spiro atoms. The van der Waals surface area contributed by atoms with E-state index in [-0.39, 0.29) is 38.6 Å². The van der Waals surface area contributed by atoms with Gasteiger partial charge in [0.15, 0.2) is 12.4 Å². The molecule has 0 aromatic rings. The Bertz CT molecular complexity index is 1540. The summed E-state index contributed by atoms with van der Waals surface area (Å²) in [6, 6.07) is 0. The maximum absolute atomic E-state index is 12.8. The Morgan fingerprint density at radius 2 is 0.783 bits per heavy atom. The lowest BCUT2D eigenvalue weighted by Gasteiger charge is -2.26. The van der Waals surface area contributed by atoms with Crippen molar-refractivity contribution in [2.24, 2.45) is 0 Å². The van der Waals surface area contributed by atoms with Crippen molar-refractivity contribution in [3.8, 4) is 0 Å². The maximum atomic E-state index is 12.8. The van der Waals surface area contributed by atoms with Crippen LogP contribution < -0.4 is 5.11 Å². The molecule has 0 bridgehead atoms. The topological polar surface area (TPSA) is 111 Å². The molecule has 2 atom stereocenters. The summed E-state index contributed by atoms with van der Waals surface area (Å²) < 4.78 is 22.6. The van der Waals surface area contributed by atoms with Crippen molar-refractivity contribution < 1.29 is 42.9 Å². The molecule has 0 saturated heterocycles. The van der Waals surface area contributed by atoms with Gasteiger partial charge in [0.1, 0.15) is 13.2 Å². The van der Waals surface area contributed by atoms with Crippen LogP contribution in [0, 0.1) is 0 Å². The molecule has 0 saturated carbocycles. The zero-order valence-corrected chi connectivity index (χ0v) is 44.1. The van der Waals surface area contributed by atoms with E-state index < -0.39 is 24.3 Å². The fourth-order valence-corrected chi connectivity index (χ4v) is 6.65. The van der Waals surface area contributed by atoms with Gasteiger partial charge in [-0.25, -0.2) is 0 Å². The van der Waals surface area contributed by atoms with Crippen LogP contribution in [0.3, 0.4) is 0 Å². The molecule has 0 N–H and O–H groups in total. The first-order chi connectivity index (χ1) is 33.6. The summed E-state index contributed by atoms with van der Waals surface area (Å²) in [6.07, 6.45) is 66.6. The van der Waals surface area contributed by atoms with Crippen LogP contribution >= 0.6 is 0 Å². The van der Waals surface area contributed by atoms with Gasteiger partial charge in [-0.1, -0.05) is 187 Å². The molecule has 0 aliphatic rings. The van der Waals surface area contributed by atoms with E-state index in [1.54, 1.807) is 0 Å². The molecule has 0 amide bonds. The number of hydrogen-bond donors (Lipinski definition) is 0. The minimum absolute atomic E-state index is 0.133. The third-order valence-electron chi connectivity index (χ3n) is 10.7. The number of quaternary nitrogens is 1. The number of allylic oxidation sites excluding steroid dienone is 20. The van der Waals surface area contributed by atoms with E-state index in [1.807, 2.05) is 21.1 Å². The second-order valence-electron chi connectivity index (χ2n) is 18.4. The van der Waals surface area contributed by atoms with E-state index in [9.17, 15) is 19.5 Å². The number of carboxylic acid groups (broad SMARTS) is 1. The van der Waals surface area contributed by atoms with Crippen LogP contribution in [-0.2, 0) is 33.3 Å². The number of ether oxygens (including phenoxy) is 4. The first kappa shape index (κ1) is 64.7. The minimum atomic E-state index is -1.64. The van der Waals surface area contributed by atoms with Crippen LogP contribution in [0.2, 0.25) is 0 Å². The fraction of sp³-hybridized carbons (Fsp3) is 0.617. The molecule has 0 aliphatic heterocycles. The van der Waals surface area contributed by atoms with Crippen molar-refractivity contribution in [1.29, 1.82) is 0 Å². The third-order valence-corrected chi connectivity index (χ3v) is 10.7. The van der Waals surface area contributed by atoms with Gasteiger partial charge in [0.25, 0.3) is 0 Å². The standard InChI is InChI=1S/C60H97NO8/c1-6-8-10-12-14-16-18-20-22-24-26-28-29-31-33-35-37-39-41-43-45-47-49-51-58(63)69-56(55-68-60(59(64)65)66-53-52-61(3,4)5)54-67-57(62)50-48-46-44-42-40-38-36-34-32-30-27-25-23-21-19-17-15-13-11-9-7-2/h8-11,14-17,20-23,26-28,30-31,33,37,39,56,60H,6-7,12-13,18-19,24-25,29,32,34-36,38,40-55H2,1-5H3/b10-8-,11-9-,16-14-,17-15-,22-20-,23-21-,28-26-,30-27-,33-31-,39-37-. The summed E-state index contributed by atoms with van der Waals surface area (Å²) in [7, 11) is 5.89. The quantitative estimate of drug-likeness (QED) is 0.0195. The van der Waals surface area contributed by atoms with Crippen LogP contribution in [-0.4, -0.2) is 82.3 Å². The molecular formula is C60H97NO8. The van der Waals surface area contributed by atoms with Crippen molar-refractivity contribution in [2.75, 3.05) is 47.5 Å². The second kappa shape index (κ2) is 50.1. The van der Waals surface area contributed by atoms with Gasteiger partial charge in [-0.05, 0) is 103 Å². The molecular weight excluding hydrogens is 863 g/mol. The van der Waals surface area contributed by atoms with Gasteiger partial charge in [-0.2, -0.15) is 0 Å². The van der Waals surface area contributed by atoms with Crippen LogP contribution in [0.25, 0.3) is 0 Å². The number of carbonyl (C=O) groups excluding carboxylic acids is 3. The number of carbonyl (C=O) groups is 3. The van der Waals surface area contributed by atoms with E-state index in [4.69, 9.17) is 18.9 Å². The Kier molecular flexibility index (Phi) is 47.0. The highest BCUT2D eigenvalue weighted by atomic mass is 16.7. The number of aliphatic carboxylic acids is 1. The molecule has 9 nitrogen and oxygen atoms in total. The Balaban J connectivity index is 4.42. The lowest BCUT2D eigenvalue weighted by Crippen LogP contribution is -2.44. The lowest BCUT2D eigenvalue weighted by atomic mass is 10.1. The van der Waals surface area contributed by atoms with Gasteiger partial charge < -0.3 is 33.3 Å². The van der Waals surface area contributed by atoms with Gasteiger partial charge in [-0.3, -0.25) is 9.59 Å². The predicted molar refractivity (Wildman–Crippen MR) is 287 cm³/mol. The molecule has 69 heavy (non-hydrogen) atoms. The van der Waals surface area contributed by atoms with Gasteiger partial charge in [0.2, 0.25) is 0 Å². The van der Waals surface area contributed by atoms with E-state index in [2.05, 4.69) is 135 Å².